The number of carbonyl (C=O) groups excluding carboxylic acids is 1. The molecule has 2 aromatic carbocycles. The Kier molecular flexibility index (Phi) is 8.62. The number of halogens is 3. The minimum Gasteiger partial charge on any atom is -0.324 e. The van der Waals surface area contributed by atoms with Crippen LogP contribution in [0.4, 0.5) is 5.69 Å². The molecule has 6 nitrogen and oxygen atoms in total. The molecule has 32 heavy (non-hydrogen) atoms. The highest BCUT2D eigenvalue weighted by Gasteiger charge is 2.21. The lowest BCUT2D eigenvalue weighted by atomic mass is 10.1. The molecular weight excluding hydrogens is 491 g/mol. The second-order valence-electron chi connectivity index (χ2n) is 7.20. The van der Waals surface area contributed by atoms with E-state index in [9.17, 15) is 9.59 Å². The number of nitrogens with zero attached hydrogens (tertiary/aromatic N) is 2. The zero-order valence-electron chi connectivity index (χ0n) is 16.9. The van der Waals surface area contributed by atoms with Crippen molar-refractivity contribution in [1.82, 2.24) is 14.9 Å². The topological polar surface area (TPSA) is 78.1 Å². The van der Waals surface area contributed by atoms with Crippen LogP contribution in [-0.2, 0) is 24.3 Å². The number of amides is 1. The number of hydrogen-bond acceptors (Lipinski definition) is 5. The minimum absolute atomic E-state index is 0. The number of rotatable bonds is 6. The molecule has 0 radical (unpaired) electrons. The average molecular weight is 512 g/mol. The summed E-state index contributed by atoms with van der Waals surface area (Å²) in [6, 6.07) is 15.1. The summed E-state index contributed by atoms with van der Waals surface area (Å²) in [4.78, 5) is 34.5. The molecule has 0 bridgehead atoms. The SMILES string of the molecule is Cl.O=C(CSc1nc2c(c(=O)[nH]1)CN(Cc1ccccc1)CC2)Nc1ccc(Cl)cc1Cl. The molecule has 0 fully saturated rings. The van der Waals surface area contributed by atoms with E-state index >= 15 is 0 Å². The van der Waals surface area contributed by atoms with Gasteiger partial charge in [0.05, 0.1) is 27.7 Å². The van der Waals surface area contributed by atoms with E-state index < -0.39 is 0 Å². The van der Waals surface area contributed by atoms with Crippen LogP contribution >= 0.6 is 47.4 Å². The number of nitrogens with one attached hydrogen (secondary N) is 2. The zero-order chi connectivity index (χ0) is 21.8. The molecule has 1 amide bonds. The fraction of sp³-hybridized carbons (Fsp3) is 0.227. The van der Waals surface area contributed by atoms with Crippen molar-refractivity contribution < 1.29 is 4.79 Å². The van der Waals surface area contributed by atoms with Crippen LogP contribution in [0.25, 0.3) is 0 Å². The first-order valence-electron chi connectivity index (χ1n) is 9.74. The Labute approximate surface area is 206 Å². The average Bonchev–Trinajstić information content (AvgIpc) is 2.75. The molecule has 0 atom stereocenters. The first kappa shape index (κ1) is 24.6. The van der Waals surface area contributed by atoms with Gasteiger partial charge in [-0.1, -0.05) is 65.3 Å². The highest BCUT2D eigenvalue weighted by molar-refractivity contribution is 7.99. The zero-order valence-corrected chi connectivity index (χ0v) is 20.1. The van der Waals surface area contributed by atoms with Gasteiger partial charge in [-0.2, -0.15) is 0 Å². The lowest BCUT2D eigenvalue weighted by molar-refractivity contribution is -0.113. The van der Waals surface area contributed by atoms with E-state index in [0.29, 0.717) is 39.4 Å². The molecule has 10 heteroatoms. The molecule has 0 aliphatic carbocycles. The summed E-state index contributed by atoms with van der Waals surface area (Å²) in [7, 11) is 0. The van der Waals surface area contributed by atoms with Gasteiger partial charge in [0.2, 0.25) is 5.91 Å². The fourth-order valence-electron chi connectivity index (χ4n) is 3.41. The summed E-state index contributed by atoms with van der Waals surface area (Å²) in [5, 5.41) is 4.04. The molecule has 3 aromatic rings. The van der Waals surface area contributed by atoms with Gasteiger partial charge in [-0.25, -0.2) is 4.98 Å². The van der Waals surface area contributed by atoms with Gasteiger partial charge in [0.25, 0.3) is 5.56 Å². The fourth-order valence-corrected chi connectivity index (χ4v) is 4.55. The highest BCUT2D eigenvalue weighted by atomic mass is 35.5. The van der Waals surface area contributed by atoms with E-state index in [-0.39, 0.29) is 29.6 Å². The predicted octanol–water partition coefficient (Wildman–Crippen LogP) is 4.79. The molecule has 2 N–H and O–H groups in total. The number of H-pyrrole nitrogens is 1. The summed E-state index contributed by atoms with van der Waals surface area (Å²) in [6.07, 6.45) is 0.701. The maximum Gasteiger partial charge on any atom is 0.256 e. The molecule has 1 aromatic heterocycles. The van der Waals surface area contributed by atoms with Gasteiger partial charge < -0.3 is 10.3 Å². The normalized spacial score (nSPS) is 13.2. The van der Waals surface area contributed by atoms with Crippen LogP contribution in [0, 0.1) is 0 Å². The molecule has 4 rings (SSSR count). The standard InChI is InChI=1S/C22H20Cl2N4O2S.ClH/c23-15-6-7-19(17(24)10-15)25-20(29)13-31-22-26-18-8-9-28(12-16(18)21(30)27-22)11-14-4-2-1-3-5-14;/h1-7,10H,8-9,11-13H2,(H,25,29)(H,26,27,30);1H. The second-order valence-corrected chi connectivity index (χ2v) is 9.01. The van der Waals surface area contributed by atoms with Crippen molar-refractivity contribution in [3.8, 4) is 0 Å². The first-order valence-corrected chi connectivity index (χ1v) is 11.5. The minimum atomic E-state index is -0.247. The monoisotopic (exact) mass is 510 g/mol. The van der Waals surface area contributed by atoms with Crippen LogP contribution in [0.3, 0.4) is 0 Å². The summed E-state index contributed by atoms with van der Waals surface area (Å²) in [5.74, 6) is -0.149. The van der Waals surface area contributed by atoms with Crippen LogP contribution in [-0.4, -0.2) is 33.1 Å². The van der Waals surface area contributed by atoms with Crippen molar-refractivity contribution in [3.05, 3.63) is 85.8 Å². The molecule has 0 unspecified atom stereocenters. The summed E-state index contributed by atoms with van der Waals surface area (Å²) >= 11 is 13.1. The van der Waals surface area contributed by atoms with Gasteiger partial charge >= 0.3 is 0 Å². The van der Waals surface area contributed by atoms with Gasteiger partial charge in [0.15, 0.2) is 5.16 Å². The van der Waals surface area contributed by atoms with Crippen molar-refractivity contribution >= 4 is 59.0 Å². The Hall–Kier alpha value is -2.03. The van der Waals surface area contributed by atoms with Gasteiger partial charge in [0, 0.05) is 31.1 Å². The van der Waals surface area contributed by atoms with Crippen LogP contribution in [0.1, 0.15) is 16.8 Å². The van der Waals surface area contributed by atoms with E-state index in [1.807, 2.05) is 18.2 Å². The van der Waals surface area contributed by atoms with Crippen LogP contribution in [0.5, 0.6) is 0 Å². The van der Waals surface area contributed by atoms with E-state index in [4.69, 9.17) is 23.2 Å². The number of thioether (sulfide) groups is 1. The third-order valence-electron chi connectivity index (χ3n) is 4.92. The largest absolute Gasteiger partial charge is 0.324 e. The molecule has 1 aliphatic heterocycles. The maximum atomic E-state index is 12.6. The number of fused-ring (bicyclic) bond motifs is 1. The van der Waals surface area contributed by atoms with Gasteiger partial charge in [-0.15, -0.1) is 12.4 Å². The molecule has 2 heterocycles. The summed E-state index contributed by atoms with van der Waals surface area (Å²) in [5.41, 5.74) is 3.06. The van der Waals surface area contributed by atoms with Crippen molar-refractivity contribution in [2.75, 3.05) is 17.6 Å². The molecular formula is C22H21Cl3N4O2S. The van der Waals surface area contributed by atoms with E-state index in [1.165, 1.54) is 17.3 Å². The van der Waals surface area contributed by atoms with Crippen LogP contribution in [0.15, 0.2) is 58.5 Å². The Morgan fingerprint density at radius 3 is 2.72 bits per heavy atom. The number of aromatic nitrogens is 2. The predicted molar refractivity (Wildman–Crippen MR) is 132 cm³/mol. The van der Waals surface area contributed by atoms with Crippen molar-refractivity contribution in [2.24, 2.45) is 0 Å². The van der Waals surface area contributed by atoms with Crippen LogP contribution < -0.4 is 10.9 Å². The first-order chi connectivity index (χ1) is 15.0. The Morgan fingerprint density at radius 1 is 1.19 bits per heavy atom. The summed E-state index contributed by atoms with van der Waals surface area (Å²) < 4.78 is 0. The second kappa shape index (κ2) is 11.2. The Balaban J connectivity index is 0.00000289. The number of benzene rings is 2. The Morgan fingerprint density at radius 2 is 1.97 bits per heavy atom. The van der Waals surface area contributed by atoms with Crippen LogP contribution in [0.2, 0.25) is 10.0 Å². The van der Waals surface area contributed by atoms with Crippen molar-refractivity contribution in [2.45, 2.75) is 24.7 Å². The number of carbonyl (C=O) groups is 1. The molecule has 168 valence electrons. The quantitative estimate of drug-likeness (QED) is 0.368. The molecule has 0 saturated carbocycles. The van der Waals surface area contributed by atoms with Crippen molar-refractivity contribution in [3.63, 3.8) is 0 Å². The molecule has 1 aliphatic rings. The summed E-state index contributed by atoms with van der Waals surface area (Å²) in [6.45, 7) is 2.19. The number of anilines is 1. The van der Waals surface area contributed by atoms with Gasteiger partial charge in [-0.05, 0) is 23.8 Å². The molecule has 0 spiro atoms. The smallest absolute Gasteiger partial charge is 0.256 e. The van der Waals surface area contributed by atoms with E-state index in [1.54, 1.807) is 18.2 Å². The Bertz CT molecular complexity index is 1160. The molecule has 0 saturated heterocycles. The third kappa shape index (κ3) is 6.27. The maximum absolute atomic E-state index is 12.6. The highest BCUT2D eigenvalue weighted by Crippen LogP contribution is 2.26. The number of hydrogen-bond donors (Lipinski definition) is 2. The van der Waals surface area contributed by atoms with Gasteiger partial charge in [0.1, 0.15) is 0 Å². The van der Waals surface area contributed by atoms with E-state index in [2.05, 4.69) is 32.3 Å². The van der Waals surface area contributed by atoms with Crippen molar-refractivity contribution in [1.29, 1.82) is 0 Å². The number of aromatic amines is 1. The lowest BCUT2D eigenvalue weighted by Gasteiger charge is -2.27. The third-order valence-corrected chi connectivity index (χ3v) is 6.34. The van der Waals surface area contributed by atoms with Gasteiger partial charge in [-0.3, -0.25) is 14.5 Å². The lowest BCUT2D eigenvalue weighted by Crippen LogP contribution is -2.35. The van der Waals surface area contributed by atoms with E-state index in [0.717, 1.165) is 18.8 Å².